The molecule has 0 aliphatic carbocycles. The third kappa shape index (κ3) is 1.34. The first-order valence-corrected chi connectivity index (χ1v) is 4.89. The molecule has 1 unspecified atom stereocenters. The first kappa shape index (κ1) is 8.97. The maximum atomic E-state index is 11.3. The second-order valence-corrected chi connectivity index (χ2v) is 4.30. The monoisotopic (exact) mass is 183 g/mol. The summed E-state index contributed by atoms with van der Waals surface area (Å²) in [5, 5.41) is 0. The Kier molecular flexibility index (Phi) is 2.04. The Labute approximate surface area is 78.7 Å². The van der Waals surface area contributed by atoms with Crippen LogP contribution in [0.1, 0.15) is 13.8 Å². The van der Waals surface area contributed by atoms with Crippen LogP contribution < -0.4 is 5.73 Å². The fraction of sp³-hybridized carbons (Fsp3) is 0.889. The van der Waals surface area contributed by atoms with Gasteiger partial charge in [0.2, 0.25) is 5.91 Å². The van der Waals surface area contributed by atoms with E-state index in [2.05, 4.69) is 18.7 Å². The number of hydrogen-bond acceptors (Lipinski definition) is 3. The molecule has 2 aliphatic rings. The van der Waals surface area contributed by atoms with E-state index in [0.717, 1.165) is 19.6 Å². The number of β-lactam (4-membered cyclic amide) rings is 1. The molecular formula is C9H17N3O. The molecule has 1 amide bonds. The highest BCUT2D eigenvalue weighted by molar-refractivity contribution is 5.88. The molecule has 1 atom stereocenters. The number of carbonyl (C=O) groups excluding carboxylic acids is 1. The van der Waals surface area contributed by atoms with Crippen molar-refractivity contribution in [2.24, 2.45) is 5.73 Å². The zero-order valence-corrected chi connectivity index (χ0v) is 8.23. The van der Waals surface area contributed by atoms with Gasteiger partial charge in [0.25, 0.3) is 0 Å². The molecule has 2 fully saturated rings. The van der Waals surface area contributed by atoms with E-state index in [1.807, 2.05) is 4.90 Å². The van der Waals surface area contributed by atoms with Crippen molar-refractivity contribution in [3.8, 4) is 0 Å². The summed E-state index contributed by atoms with van der Waals surface area (Å²) in [6, 6.07) is 0.823. The van der Waals surface area contributed by atoms with Crippen molar-refractivity contribution >= 4 is 5.91 Å². The molecule has 2 saturated heterocycles. The van der Waals surface area contributed by atoms with Crippen LogP contribution >= 0.6 is 0 Å². The van der Waals surface area contributed by atoms with E-state index in [-0.39, 0.29) is 11.9 Å². The molecule has 74 valence electrons. The van der Waals surface area contributed by atoms with Gasteiger partial charge < -0.3 is 10.6 Å². The van der Waals surface area contributed by atoms with Gasteiger partial charge in [-0.3, -0.25) is 9.69 Å². The summed E-state index contributed by atoms with van der Waals surface area (Å²) in [4.78, 5) is 15.5. The molecule has 0 aromatic rings. The van der Waals surface area contributed by atoms with E-state index in [0.29, 0.717) is 12.1 Å². The average Bonchev–Trinajstić information content (AvgIpc) is 1.99. The molecule has 0 radical (unpaired) electrons. The van der Waals surface area contributed by atoms with Crippen LogP contribution in [0.3, 0.4) is 0 Å². The Hall–Kier alpha value is -0.610. The quantitative estimate of drug-likeness (QED) is 0.573. The van der Waals surface area contributed by atoms with Crippen molar-refractivity contribution in [2.45, 2.75) is 32.0 Å². The number of carbonyl (C=O) groups is 1. The SMILES string of the molecule is CC(C)N1CC(N2CC(N)C2=O)C1. The summed E-state index contributed by atoms with van der Waals surface area (Å²) in [7, 11) is 0. The van der Waals surface area contributed by atoms with Crippen molar-refractivity contribution in [2.75, 3.05) is 19.6 Å². The second-order valence-electron chi connectivity index (χ2n) is 4.30. The standard InChI is InChI=1S/C9H17N3O/c1-6(2)11-3-7(4-11)12-5-8(10)9(12)13/h6-8H,3-5,10H2,1-2H3. The molecule has 0 bridgehead atoms. The Morgan fingerprint density at radius 3 is 2.38 bits per heavy atom. The van der Waals surface area contributed by atoms with Crippen LogP contribution in [-0.2, 0) is 4.79 Å². The van der Waals surface area contributed by atoms with Crippen LogP contribution in [0.25, 0.3) is 0 Å². The maximum absolute atomic E-state index is 11.3. The molecule has 4 nitrogen and oxygen atoms in total. The highest BCUT2D eigenvalue weighted by atomic mass is 16.2. The molecule has 2 heterocycles. The number of nitrogens with two attached hydrogens (primary N) is 1. The third-order valence-electron chi connectivity index (χ3n) is 3.06. The highest BCUT2D eigenvalue weighted by Crippen LogP contribution is 2.22. The zero-order chi connectivity index (χ0) is 9.59. The normalized spacial score (nSPS) is 30.6. The Morgan fingerprint density at radius 2 is 2.00 bits per heavy atom. The number of hydrogen-bond donors (Lipinski definition) is 1. The highest BCUT2D eigenvalue weighted by Gasteiger charge is 2.43. The number of likely N-dealkylation sites (tertiary alicyclic amines) is 2. The van der Waals surface area contributed by atoms with E-state index < -0.39 is 0 Å². The van der Waals surface area contributed by atoms with Gasteiger partial charge in [-0.15, -0.1) is 0 Å². The van der Waals surface area contributed by atoms with Crippen LogP contribution in [0.5, 0.6) is 0 Å². The molecule has 0 saturated carbocycles. The Morgan fingerprint density at radius 1 is 1.38 bits per heavy atom. The molecule has 4 heteroatoms. The van der Waals surface area contributed by atoms with Gasteiger partial charge in [0.1, 0.15) is 6.04 Å². The van der Waals surface area contributed by atoms with Crippen molar-refractivity contribution in [3.63, 3.8) is 0 Å². The van der Waals surface area contributed by atoms with Gasteiger partial charge in [0.05, 0.1) is 6.04 Å². The van der Waals surface area contributed by atoms with Crippen LogP contribution in [0.4, 0.5) is 0 Å². The van der Waals surface area contributed by atoms with Gasteiger partial charge in [0, 0.05) is 25.7 Å². The topological polar surface area (TPSA) is 49.6 Å². The third-order valence-corrected chi connectivity index (χ3v) is 3.06. The number of rotatable bonds is 2. The first-order chi connectivity index (χ1) is 6.09. The summed E-state index contributed by atoms with van der Waals surface area (Å²) in [5.41, 5.74) is 5.52. The molecule has 2 aliphatic heterocycles. The van der Waals surface area contributed by atoms with E-state index in [9.17, 15) is 4.79 Å². The van der Waals surface area contributed by atoms with Crippen LogP contribution in [0.15, 0.2) is 0 Å². The maximum Gasteiger partial charge on any atom is 0.241 e. The smallest absolute Gasteiger partial charge is 0.241 e. The number of nitrogens with zero attached hydrogens (tertiary/aromatic N) is 2. The van der Waals surface area contributed by atoms with Crippen molar-refractivity contribution < 1.29 is 4.79 Å². The van der Waals surface area contributed by atoms with E-state index in [1.54, 1.807) is 0 Å². The van der Waals surface area contributed by atoms with Crippen LogP contribution in [0, 0.1) is 0 Å². The summed E-state index contributed by atoms with van der Waals surface area (Å²) < 4.78 is 0. The van der Waals surface area contributed by atoms with Crippen molar-refractivity contribution in [1.29, 1.82) is 0 Å². The molecule has 13 heavy (non-hydrogen) atoms. The summed E-state index contributed by atoms with van der Waals surface area (Å²) in [6.07, 6.45) is 0. The average molecular weight is 183 g/mol. The van der Waals surface area contributed by atoms with E-state index in [1.165, 1.54) is 0 Å². The van der Waals surface area contributed by atoms with Gasteiger partial charge >= 0.3 is 0 Å². The predicted octanol–water partition coefficient (Wildman–Crippen LogP) is -0.751. The molecule has 2 rings (SSSR count). The molecule has 0 spiro atoms. The van der Waals surface area contributed by atoms with Gasteiger partial charge in [0.15, 0.2) is 0 Å². The summed E-state index contributed by atoms with van der Waals surface area (Å²) in [6.45, 7) is 7.17. The zero-order valence-electron chi connectivity index (χ0n) is 8.23. The van der Waals surface area contributed by atoms with E-state index in [4.69, 9.17) is 5.73 Å². The lowest BCUT2D eigenvalue weighted by molar-refractivity contribution is -0.151. The Balaban J connectivity index is 1.78. The van der Waals surface area contributed by atoms with Gasteiger partial charge in [-0.25, -0.2) is 0 Å². The van der Waals surface area contributed by atoms with Crippen molar-refractivity contribution in [1.82, 2.24) is 9.80 Å². The molecule has 0 aromatic heterocycles. The minimum atomic E-state index is -0.215. The fourth-order valence-corrected chi connectivity index (χ4v) is 1.92. The van der Waals surface area contributed by atoms with Crippen molar-refractivity contribution in [3.05, 3.63) is 0 Å². The fourth-order valence-electron chi connectivity index (χ4n) is 1.92. The molecular weight excluding hydrogens is 166 g/mol. The molecule has 2 N–H and O–H groups in total. The van der Waals surface area contributed by atoms with Crippen LogP contribution in [0.2, 0.25) is 0 Å². The largest absolute Gasteiger partial charge is 0.334 e. The summed E-state index contributed by atoms with van der Waals surface area (Å²) >= 11 is 0. The lowest BCUT2D eigenvalue weighted by Gasteiger charge is -2.52. The first-order valence-electron chi connectivity index (χ1n) is 4.89. The van der Waals surface area contributed by atoms with Gasteiger partial charge in [-0.2, -0.15) is 0 Å². The lowest BCUT2D eigenvalue weighted by Crippen LogP contribution is -2.72. The van der Waals surface area contributed by atoms with E-state index >= 15 is 0 Å². The number of amides is 1. The minimum absolute atomic E-state index is 0.133. The van der Waals surface area contributed by atoms with Crippen LogP contribution in [-0.4, -0.2) is 53.5 Å². The predicted molar refractivity (Wildman–Crippen MR) is 50.2 cm³/mol. The molecule has 0 aromatic carbocycles. The second kappa shape index (κ2) is 2.96. The van der Waals surface area contributed by atoms with Gasteiger partial charge in [-0.05, 0) is 13.8 Å². The minimum Gasteiger partial charge on any atom is -0.334 e. The Bertz CT molecular complexity index is 223. The summed E-state index contributed by atoms with van der Waals surface area (Å²) in [5.74, 6) is 0.133. The van der Waals surface area contributed by atoms with Gasteiger partial charge in [-0.1, -0.05) is 0 Å². The lowest BCUT2D eigenvalue weighted by atomic mass is 9.98.